The molecule has 2 aliphatic rings. The summed E-state index contributed by atoms with van der Waals surface area (Å²) >= 11 is 1.75. The average molecular weight is 354 g/mol. The minimum atomic E-state index is 0.515. The maximum Gasteiger partial charge on any atom is 0.233 e. The Morgan fingerprint density at radius 1 is 1.20 bits per heavy atom. The highest BCUT2D eigenvalue weighted by atomic mass is 32.1. The normalized spacial score (nSPS) is 22.0. The molecule has 1 saturated heterocycles. The lowest BCUT2D eigenvalue weighted by molar-refractivity contribution is 0.185. The highest BCUT2D eigenvalue weighted by molar-refractivity contribution is 7.09. The van der Waals surface area contributed by atoms with E-state index in [1.807, 2.05) is 18.5 Å². The molecule has 1 N–H and O–H groups in total. The second-order valence-corrected chi connectivity index (χ2v) is 8.18. The van der Waals surface area contributed by atoms with E-state index in [0.717, 1.165) is 32.0 Å². The van der Waals surface area contributed by atoms with Crippen LogP contribution >= 0.6 is 11.3 Å². The molecule has 3 aromatic rings. The van der Waals surface area contributed by atoms with Crippen LogP contribution in [0.3, 0.4) is 0 Å². The summed E-state index contributed by atoms with van der Waals surface area (Å²) in [4.78, 5) is 15.9. The van der Waals surface area contributed by atoms with Crippen molar-refractivity contribution in [2.45, 2.75) is 38.4 Å². The van der Waals surface area contributed by atoms with Crippen molar-refractivity contribution in [2.75, 3.05) is 13.1 Å². The van der Waals surface area contributed by atoms with Crippen LogP contribution < -0.4 is 5.32 Å². The first-order valence-corrected chi connectivity index (χ1v) is 9.82. The van der Waals surface area contributed by atoms with Crippen LogP contribution in [0.15, 0.2) is 36.2 Å². The number of imidazole rings is 1. The monoisotopic (exact) mass is 354 g/mol. The number of nitrogens with one attached hydrogen (secondary N) is 1. The largest absolute Gasteiger partial charge is 0.317 e. The Hall–Kier alpha value is -1.83. The SMILES string of the molecule is c1cnc2ncc(CN(Cc3nccs3)C3CC34CCNCC4)n2c1. The fourth-order valence-corrected chi connectivity index (χ4v) is 4.93. The zero-order valence-corrected chi connectivity index (χ0v) is 15.0. The summed E-state index contributed by atoms with van der Waals surface area (Å²) < 4.78 is 2.10. The molecule has 25 heavy (non-hydrogen) atoms. The highest BCUT2D eigenvalue weighted by Crippen LogP contribution is 2.56. The fraction of sp³-hybridized carbons (Fsp3) is 0.500. The summed E-state index contributed by atoms with van der Waals surface area (Å²) in [6, 6.07) is 2.62. The summed E-state index contributed by atoms with van der Waals surface area (Å²) in [6.07, 6.45) is 11.6. The van der Waals surface area contributed by atoms with Crippen LogP contribution in [0.2, 0.25) is 0 Å². The minimum absolute atomic E-state index is 0.515. The number of rotatable bonds is 5. The van der Waals surface area contributed by atoms with E-state index in [1.54, 1.807) is 17.5 Å². The first-order chi connectivity index (χ1) is 12.3. The van der Waals surface area contributed by atoms with Gasteiger partial charge in [-0.15, -0.1) is 11.3 Å². The van der Waals surface area contributed by atoms with Crippen LogP contribution in [0.1, 0.15) is 30.0 Å². The van der Waals surface area contributed by atoms with Crippen LogP contribution in [0, 0.1) is 5.41 Å². The summed E-state index contributed by atoms with van der Waals surface area (Å²) in [5, 5.41) is 6.77. The van der Waals surface area contributed by atoms with Gasteiger partial charge in [-0.1, -0.05) is 0 Å². The molecule has 0 radical (unpaired) electrons. The number of nitrogens with zero attached hydrogens (tertiary/aromatic N) is 5. The van der Waals surface area contributed by atoms with Crippen LogP contribution in [0.25, 0.3) is 5.78 Å². The smallest absolute Gasteiger partial charge is 0.233 e. The molecule has 2 fully saturated rings. The molecule has 5 rings (SSSR count). The van der Waals surface area contributed by atoms with Gasteiger partial charge in [-0.05, 0) is 43.8 Å². The van der Waals surface area contributed by atoms with Crippen LogP contribution in [0.5, 0.6) is 0 Å². The minimum Gasteiger partial charge on any atom is -0.317 e. The quantitative estimate of drug-likeness (QED) is 0.762. The first-order valence-electron chi connectivity index (χ1n) is 8.94. The third kappa shape index (κ3) is 2.86. The molecular formula is C18H22N6S. The fourth-order valence-electron chi connectivity index (χ4n) is 4.29. The van der Waals surface area contributed by atoms with Gasteiger partial charge in [-0.25, -0.2) is 15.0 Å². The molecule has 1 unspecified atom stereocenters. The zero-order valence-electron chi connectivity index (χ0n) is 14.1. The molecule has 1 aliphatic heterocycles. The first kappa shape index (κ1) is 15.4. The molecule has 1 atom stereocenters. The van der Waals surface area contributed by atoms with Gasteiger partial charge < -0.3 is 5.32 Å². The number of thiazole rings is 1. The molecule has 1 spiro atoms. The van der Waals surface area contributed by atoms with Gasteiger partial charge in [0.05, 0.1) is 18.4 Å². The van der Waals surface area contributed by atoms with Gasteiger partial charge in [-0.3, -0.25) is 9.30 Å². The topological polar surface area (TPSA) is 58.4 Å². The number of hydrogen-bond donors (Lipinski definition) is 1. The molecule has 3 aromatic heterocycles. The van der Waals surface area contributed by atoms with E-state index in [0.29, 0.717) is 11.5 Å². The predicted molar refractivity (Wildman–Crippen MR) is 97.3 cm³/mol. The Bertz CT molecular complexity index is 851. The van der Waals surface area contributed by atoms with E-state index < -0.39 is 0 Å². The number of piperidine rings is 1. The lowest BCUT2D eigenvalue weighted by atomic mass is 9.93. The van der Waals surface area contributed by atoms with E-state index in [2.05, 4.69) is 41.1 Å². The lowest BCUT2D eigenvalue weighted by Crippen LogP contribution is -2.36. The van der Waals surface area contributed by atoms with Gasteiger partial charge in [0.25, 0.3) is 0 Å². The van der Waals surface area contributed by atoms with Gasteiger partial charge in [0, 0.05) is 36.6 Å². The van der Waals surface area contributed by atoms with Crippen molar-refractivity contribution >= 4 is 17.1 Å². The summed E-state index contributed by atoms with van der Waals surface area (Å²) in [6.45, 7) is 4.12. The average Bonchev–Trinajstić information content (AvgIpc) is 3.03. The van der Waals surface area contributed by atoms with Gasteiger partial charge in [0.15, 0.2) is 0 Å². The number of aromatic nitrogens is 4. The molecule has 0 bridgehead atoms. The van der Waals surface area contributed by atoms with Crippen molar-refractivity contribution in [3.05, 3.63) is 46.9 Å². The van der Waals surface area contributed by atoms with Crippen LogP contribution in [-0.2, 0) is 13.1 Å². The Kier molecular flexibility index (Phi) is 3.80. The molecule has 1 aliphatic carbocycles. The predicted octanol–water partition coefficient (Wildman–Crippen LogP) is 2.33. The van der Waals surface area contributed by atoms with Crippen molar-refractivity contribution in [3.8, 4) is 0 Å². The standard InChI is InChI=1S/C18H22N6S/c1-4-21-17-22-11-14(24(17)8-1)12-23(13-16-20-7-9-25-16)15-10-18(15)2-5-19-6-3-18/h1,4,7-9,11,15,19H,2-3,5-6,10,12-13H2. The summed E-state index contributed by atoms with van der Waals surface area (Å²) in [5.74, 6) is 0.777. The van der Waals surface area contributed by atoms with Crippen molar-refractivity contribution in [1.29, 1.82) is 0 Å². The summed E-state index contributed by atoms with van der Waals surface area (Å²) in [7, 11) is 0. The molecule has 1 saturated carbocycles. The highest BCUT2D eigenvalue weighted by Gasteiger charge is 2.56. The Balaban J connectivity index is 1.41. The maximum atomic E-state index is 4.52. The third-order valence-corrected chi connectivity index (χ3v) is 6.50. The van der Waals surface area contributed by atoms with Crippen LogP contribution in [-0.4, -0.2) is 43.4 Å². The Labute approximate surface area is 150 Å². The van der Waals surface area contributed by atoms with Crippen molar-refractivity contribution in [2.24, 2.45) is 5.41 Å². The van der Waals surface area contributed by atoms with E-state index in [-0.39, 0.29) is 0 Å². The van der Waals surface area contributed by atoms with Crippen molar-refractivity contribution in [3.63, 3.8) is 0 Å². The lowest BCUT2D eigenvalue weighted by Gasteiger charge is -2.29. The van der Waals surface area contributed by atoms with E-state index in [1.165, 1.54) is 30.0 Å². The molecule has 4 heterocycles. The molecule has 6 nitrogen and oxygen atoms in total. The van der Waals surface area contributed by atoms with Gasteiger partial charge in [0.2, 0.25) is 5.78 Å². The molecular weight excluding hydrogens is 332 g/mol. The second kappa shape index (κ2) is 6.16. The zero-order chi connectivity index (χ0) is 16.7. The second-order valence-electron chi connectivity index (χ2n) is 7.20. The van der Waals surface area contributed by atoms with Crippen LogP contribution in [0.4, 0.5) is 0 Å². The summed E-state index contributed by atoms with van der Waals surface area (Å²) in [5.41, 5.74) is 1.72. The van der Waals surface area contributed by atoms with Crippen molar-refractivity contribution < 1.29 is 0 Å². The molecule has 0 aromatic carbocycles. The van der Waals surface area contributed by atoms with E-state index >= 15 is 0 Å². The Morgan fingerprint density at radius 3 is 2.96 bits per heavy atom. The van der Waals surface area contributed by atoms with E-state index in [4.69, 9.17) is 0 Å². The van der Waals surface area contributed by atoms with Gasteiger partial charge in [-0.2, -0.15) is 0 Å². The molecule has 7 heteroatoms. The van der Waals surface area contributed by atoms with E-state index in [9.17, 15) is 0 Å². The molecule has 130 valence electrons. The maximum absolute atomic E-state index is 4.52. The van der Waals surface area contributed by atoms with Crippen molar-refractivity contribution in [1.82, 2.24) is 29.6 Å². The van der Waals surface area contributed by atoms with Gasteiger partial charge in [0.1, 0.15) is 5.01 Å². The number of hydrogen-bond acceptors (Lipinski definition) is 6. The van der Waals surface area contributed by atoms with Gasteiger partial charge >= 0.3 is 0 Å². The Morgan fingerprint density at radius 2 is 2.12 bits per heavy atom. The third-order valence-electron chi connectivity index (χ3n) is 5.74. The molecule has 0 amide bonds. The number of fused-ring (bicyclic) bond motifs is 1.